The van der Waals surface area contributed by atoms with Gasteiger partial charge in [0.05, 0.1) is 0 Å². The molecule has 116 valence electrons. The molecule has 0 spiro atoms. The zero-order chi connectivity index (χ0) is 15.4. The van der Waals surface area contributed by atoms with Gasteiger partial charge >= 0.3 is 6.03 Å². The largest absolute Gasteiger partial charge is 0.324 e. The summed E-state index contributed by atoms with van der Waals surface area (Å²) in [6.07, 6.45) is 2.73. The van der Waals surface area contributed by atoms with Crippen molar-refractivity contribution in [3.05, 3.63) is 41.2 Å². The summed E-state index contributed by atoms with van der Waals surface area (Å²) in [5.41, 5.74) is 2.61. The summed E-state index contributed by atoms with van der Waals surface area (Å²) in [7, 11) is 0. The third kappa shape index (κ3) is 3.79. The Labute approximate surface area is 132 Å². The number of piperidine rings is 1. The molecule has 2 amide bonds. The van der Waals surface area contributed by atoms with Gasteiger partial charge in [-0.15, -0.1) is 10.2 Å². The van der Waals surface area contributed by atoms with Crippen LogP contribution in [0.1, 0.15) is 18.4 Å². The maximum atomic E-state index is 13.2. The highest BCUT2D eigenvalue weighted by atomic mass is 32.1. The van der Waals surface area contributed by atoms with Crippen molar-refractivity contribution in [3.8, 4) is 0 Å². The van der Waals surface area contributed by atoms with Crippen molar-refractivity contribution in [1.82, 2.24) is 15.1 Å². The normalized spacial score (nSPS) is 15.8. The van der Waals surface area contributed by atoms with Crippen LogP contribution in [-0.4, -0.2) is 34.2 Å². The molecule has 2 heterocycles. The third-order valence-electron chi connectivity index (χ3n) is 3.89. The fraction of sp³-hybridized carbons (Fsp3) is 0.400. The van der Waals surface area contributed by atoms with Crippen LogP contribution in [-0.2, 0) is 6.42 Å². The minimum absolute atomic E-state index is 0.124. The van der Waals surface area contributed by atoms with Gasteiger partial charge in [0.1, 0.15) is 11.3 Å². The Balaban J connectivity index is 1.49. The Morgan fingerprint density at radius 3 is 2.91 bits per heavy atom. The molecule has 5 nitrogen and oxygen atoms in total. The minimum atomic E-state index is -0.189. The molecule has 1 N–H and O–H groups in total. The Kier molecular flexibility index (Phi) is 4.62. The Bertz CT molecular complexity index is 626. The van der Waals surface area contributed by atoms with E-state index in [1.165, 1.54) is 17.4 Å². The number of rotatable bonds is 3. The Morgan fingerprint density at radius 1 is 1.41 bits per heavy atom. The van der Waals surface area contributed by atoms with Gasteiger partial charge in [-0.3, -0.25) is 5.32 Å². The van der Waals surface area contributed by atoms with Gasteiger partial charge in [-0.25, -0.2) is 9.18 Å². The van der Waals surface area contributed by atoms with Crippen LogP contribution in [0.3, 0.4) is 0 Å². The van der Waals surface area contributed by atoms with Crippen LogP contribution in [0.4, 0.5) is 14.3 Å². The van der Waals surface area contributed by atoms with E-state index < -0.39 is 0 Å². The second-order valence-electron chi connectivity index (χ2n) is 5.44. The molecule has 7 heteroatoms. The summed E-state index contributed by atoms with van der Waals surface area (Å²) in [6.45, 7) is 1.43. The highest BCUT2D eigenvalue weighted by molar-refractivity contribution is 7.13. The molecule has 2 aromatic rings. The zero-order valence-corrected chi connectivity index (χ0v) is 12.9. The van der Waals surface area contributed by atoms with E-state index >= 15 is 0 Å². The first kappa shape index (κ1) is 14.9. The van der Waals surface area contributed by atoms with Gasteiger partial charge in [0.15, 0.2) is 0 Å². The number of hydrogen-bond acceptors (Lipinski definition) is 4. The molecule has 0 unspecified atom stereocenters. The van der Waals surface area contributed by atoms with E-state index in [0.717, 1.165) is 24.8 Å². The third-order valence-corrected chi connectivity index (χ3v) is 4.50. The summed E-state index contributed by atoms with van der Waals surface area (Å²) < 4.78 is 13.2. The predicted molar refractivity (Wildman–Crippen MR) is 83.3 cm³/mol. The first-order valence-electron chi connectivity index (χ1n) is 7.27. The van der Waals surface area contributed by atoms with Crippen molar-refractivity contribution in [1.29, 1.82) is 0 Å². The Hall–Kier alpha value is -2.02. The van der Waals surface area contributed by atoms with Gasteiger partial charge in [0, 0.05) is 13.1 Å². The van der Waals surface area contributed by atoms with E-state index in [-0.39, 0.29) is 11.8 Å². The molecule has 22 heavy (non-hydrogen) atoms. The van der Waals surface area contributed by atoms with Crippen molar-refractivity contribution in [2.45, 2.75) is 19.3 Å². The van der Waals surface area contributed by atoms with Gasteiger partial charge in [-0.1, -0.05) is 23.5 Å². The van der Waals surface area contributed by atoms with E-state index in [4.69, 9.17) is 0 Å². The van der Waals surface area contributed by atoms with Gasteiger partial charge in [0.2, 0.25) is 5.13 Å². The lowest BCUT2D eigenvalue weighted by Crippen LogP contribution is -2.41. The molecule has 1 aromatic heterocycles. The molecule has 3 rings (SSSR count). The van der Waals surface area contributed by atoms with Gasteiger partial charge in [-0.05, 0) is 42.9 Å². The first-order valence-corrected chi connectivity index (χ1v) is 8.15. The smallest absolute Gasteiger partial charge is 0.323 e. The number of halogens is 1. The number of benzene rings is 1. The molecular formula is C15H17FN4OS. The highest BCUT2D eigenvalue weighted by Crippen LogP contribution is 2.22. The molecule has 1 aliphatic rings. The van der Waals surface area contributed by atoms with Crippen LogP contribution >= 0.6 is 11.3 Å². The molecule has 1 saturated heterocycles. The van der Waals surface area contributed by atoms with E-state index in [9.17, 15) is 9.18 Å². The maximum absolute atomic E-state index is 13.2. The van der Waals surface area contributed by atoms with Crippen molar-refractivity contribution in [2.75, 3.05) is 18.4 Å². The highest BCUT2D eigenvalue weighted by Gasteiger charge is 2.23. The lowest BCUT2D eigenvalue weighted by Gasteiger charge is -2.31. The number of carbonyl (C=O) groups excluding carboxylic acids is 1. The predicted octanol–water partition coefficient (Wildman–Crippen LogP) is 3.16. The summed E-state index contributed by atoms with van der Waals surface area (Å²) in [5.74, 6) is 0.304. The summed E-state index contributed by atoms with van der Waals surface area (Å²) in [6, 6.07) is 6.63. The number of amides is 2. The van der Waals surface area contributed by atoms with E-state index in [2.05, 4.69) is 15.5 Å². The molecular weight excluding hydrogens is 303 g/mol. The van der Waals surface area contributed by atoms with Crippen molar-refractivity contribution in [3.63, 3.8) is 0 Å². The fourth-order valence-corrected chi connectivity index (χ4v) is 3.17. The molecule has 0 aliphatic carbocycles. The van der Waals surface area contributed by atoms with Crippen molar-refractivity contribution in [2.24, 2.45) is 5.92 Å². The molecule has 1 fully saturated rings. The lowest BCUT2D eigenvalue weighted by atomic mass is 9.90. The van der Waals surface area contributed by atoms with Gasteiger partial charge in [0.25, 0.3) is 0 Å². The summed E-state index contributed by atoms with van der Waals surface area (Å²) in [5, 5.41) is 10.8. The number of urea groups is 1. The first-order chi connectivity index (χ1) is 10.7. The summed E-state index contributed by atoms with van der Waals surface area (Å²) in [4.78, 5) is 13.9. The lowest BCUT2D eigenvalue weighted by molar-refractivity contribution is 0.182. The number of nitrogens with zero attached hydrogens (tertiary/aromatic N) is 3. The van der Waals surface area contributed by atoms with Crippen LogP contribution < -0.4 is 5.32 Å². The number of carbonyl (C=O) groups is 1. The van der Waals surface area contributed by atoms with Crippen LogP contribution in [0.25, 0.3) is 0 Å². The molecule has 1 aliphatic heterocycles. The van der Waals surface area contributed by atoms with Gasteiger partial charge in [-0.2, -0.15) is 0 Å². The van der Waals surface area contributed by atoms with Crippen LogP contribution in [0.2, 0.25) is 0 Å². The quantitative estimate of drug-likeness (QED) is 0.945. The molecule has 0 saturated carbocycles. The van der Waals surface area contributed by atoms with E-state index in [1.54, 1.807) is 22.5 Å². The zero-order valence-electron chi connectivity index (χ0n) is 12.0. The molecule has 0 radical (unpaired) electrons. The van der Waals surface area contributed by atoms with E-state index in [0.29, 0.717) is 24.1 Å². The average molecular weight is 320 g/mol. The number of hydrogen-bond donors (Lipinski definition) is 1. The molecule has 0 atom stereocenters. The average Bonchev–Trinajstić information content (AvgIpc) is 3.01. The van der Waals surface area contributed by atoms with Gasteiger partial charge < -0.3 is 4.90 Å². The standard InChI is InChI=1S/C15H17FN4OS/c16-13-3-1-2-12(9-13)8-11-4-6-20(7-5-11)15(21)18-14-19-17-10-22-14/h1-3,9-11H,4-8H2,(H,18,19,21). The summed E-state index contributed by atoms with van der Waals surface area (Å²) >= 11 is 1.30. The van der Waals surface area contributed by atoms with Crippen molar-refractivity contribution >= 4 is 22.5 Å². The Morgan fingerprint density at radius 2 is 2.23 bits per heavy atom. The molecule has 1 aromatic carbocycles. The van der Waals surface area contributed by atoms with Crippen LogP contribution in [0, 0.1) is 11.7 Å². The van der Waals surface area contributed by atoms with Crippen LogP contribution in [0.5, 0.6) is 0 Å². The second kappa shape index (κ2) is 6.83. The van der Waals surface area contributed by atoms with Crippen molar-refractivity contribution < 1.29 is 9.18 Å². The number of anilines is 1. The monoisotopic (exact) mass is 320 g/mol. The number of likely N-dealkylation sites (tertiary alicyclic amines) is 1. The van der Waals surface area contributed by atoms with Crippen LogP contribution in [0.15, 0.2) is 29.8 Å². The minimum Gasteiger partial charge on any atom is -0.324 e. The SMILES string of the molecule is O=C(Nc1nncs1)N1CCC(Cc2cccc(F)c2)CC1. The fourth-order valence-electron chi connectivity index (χ4n) is 2.74. The van der Waals surface area contributed by atoms with E-state index in [1.807, 2.05) is 6.07 Å². The maximum Gasteiger partial charge on any atom is 0.323 e. The number of aromatic nitrogens is 2. The number of nitrogens with one attached hydrogen (secondary N) is 1. The second-order valence-corrected chi connectivity index (χ2v) is 6.27. The molecule has 0 bridgehead atoms. The topological polar surface area (TPSA) is 58.1 Å².